The fourth-order valence-corrected chi connectivity index (χ4v) is 3.25. The van der Waals surface area contributed by atoms with Crippen LogP contribution in [0.1, 0.15) is 62.6 Å². The molecule has 1 saturated heterocycles. The first kappa shape index (κ1) is 11.2. The monoisotopic (exact) mass is 234 g/mol. The number of nitrogens with zero attached hydrogens (tertiary/aromatic N) is 3. The molecule has 0 radical (unpaired) electrons. The van der Waals surface area contributed by atoms with Gasteiger partial charge in [0.1, 0.15) is 0 Å². The molecule has 1 aromatic heterocycles. The van der Waals surface area contributed by atoms with Gasteiger partial charge in [0.25, 0.3) is 0 Å². The molecule has 0 bridgehead atoms. The van der Waals surface area contributed by atoms with E-state index in [0.717, 1.165) is 13.1 Å². The van der Waals surface area contributed by atoms with Crippen LogP contribution in [0.2, 0.25) is 0 Å². The number of hydrogen-bond acceptors (Lipinski definition) is 3. The van der Waals surface area contributed by atoms with Gasteiger partial charge in [0.05, 0.1) is 17.9 Å². The molecule has 0 amide bonds. The Morgan fingerprint density at radius 2 is 1.94 bits per heavy atom. The highest BCUT2D eigenvalue weighted by Gasteiger charge is 2.24. The number of aromatic nitrogens is 3. The molecule has 1 aliphatic carbocycles. The topological polar surface area (TPSA) is 42.7 Å². The number of hydrogen-bond donors (Lipinski definition) is 1. The van der Waals surface area contributed by atoms with E-state index in [1.54, 1.807) is 0 Å². The largest absolute Gasteiger partial charge is 0.315 e. The zero-order valence-corrected chi connectivity index (χ0v) is 10.4. The molecular weight excluding hydrogens is 212 g/mol. The lowest BCUT2D eigenvalue weighted by atomic mass is 9.96. The van der Waals surface area contributed by atoms with Crippen molar-refractivity contribution in [1.82, 2.24) is 20.3 Å². The Hall–Kier alpha value is -0.900. The van der Waals surface area contributed by atoms with Crippen molar-refractivity contribution in [3.63, 3.8) is 0 Å². The molecule has 2 aliphatic rings. The fourth-order valence-electron chi connectivity index (χ4n) is 3.25. The van der Waals surface area contributed by atoms with Crippen molar-refractivity contribution in [3.8, 4) is 0 Å². The van der Waals surface area contributed by atoms with Crippen molar-refractivity contribution in [2.75, 3.05) is 13.1 Å². The van der Waals surface area contributed by atoms with Gasteiger partial charge in [-0.3, -0.25) is 0 Å². The molecule has 2 fully saturated rings. The lowest BCUT2D eigenvalue weighted by Crippen LogP contribution is -2.18. The maximum atomic E-state index is 4.33. The van der Waals surface area contributed by atoms with Gasteiger partial charge in [0, 0.05) is 12.5 Å². The molecule has 17 heavy (non-hydrogen) atoms. The summed E-state index contributed by atoms with van der Waals surface area (Å²) in [4.78, 5) is 0. The minimum atomic E-state index is 0.538. The summed E-state index contributed by atoms with van der Waals surface area (Å²) < 4.78 is 2.20. The van der Waals surface area contributed by atoms with Crippen LogP contribution < -0.4 is 5.32 Å². The lowest BCUT2D eigenvalue weighted by Gasteiger charge is -2.18. The molecule has 1 atom stereocenters. The van der Waals surface area contributed by atoms with Gasteiger partial charge in [0.15, 0.2) is 0 Å². The first-order chi connectivity index (χ1) is 8.45. The van der Waals surface area contributed by atoms with Gasteiger partial charge in [0.2, 0.25) is 0 Å². The molecule has 1 saturated carbocycles. The zero-order chi connectivity index (χ0) is 11.5. The minimum absolute atomic E-state index is 0.538. The van der Waals surface area contributed by atoms with E-state index in [-0.39, 0.29) is 0 Å². The van der Waals surface area contributed by atoms with Crippen molar-refractivity contribution in [2.45, 2.75) is 56.9 Å². The third kappa shape index (κ3) is 2.37. The molecule has 4 nitrogen and oxygen atoms in total. The molecule has 4 heteroatoms. The summed E-state index contributed by atoms with van der Waals surface area (Å²) in [5.74, 6) is 0.702. The third-order valence-electron chi connectivity index (χ3n) is 4.26. The Balaban J connectivity index is 1.79. The quantitative estimate of drug-likeness (QED) is 0.798. The Morgan fingerprint density at radius 1 is 1.12 bits per heavy atom. The van der Waals surface area contributed by atoms with Crippen LogP contribution in [-0.2, 0) is 0 Å². The standard InChI is InChI=1S/C13H22N4/c1-2-4-6-11(5-3-1)13-10-15-16-17(13)12-7-8-14-9-12/h10-12,14H,1-9H2. The average Bonchev–Trinajstić information content (AvgIpc) is 2.95. The molecule has 0 spiro atoms. The predicted octanol–water partition coefficient (Wildman–Crippen LogP) is 2.25. The van der Waals surface area contributed by atoms with E-state index in [9.17, 15) is 0 Å². The number of nitrogens with one attached hydrogen (secondary N) is 1. The molecule has 1 unspecified atom stereocenters. The molecule has 1 N–H and O–H groups in total. The zero-order valence-electron chi connectivity index (χ0n) is 10.4. The highest BCUT2D eigenvalue weighted by molar-refractivity contribution is 5.06. The van der Waals surface area contributed by atoms with Crippen LogP contribution in [0.5, 0.6) is 0 Å². The summed E-state index contributed by atoms with van der Waals surface area (Å²) >= 11 is 0. The third-order valence-corrected chi connectivity index (χ3v) is 4.26. The Kier molecular flexibility index (Phi) is 3.41. The van der Waals surface area contributed by atoms with Crippen molar-refractivity contribution >= 4 is 0 Å². The maximum absolute atomic E-state index is 4.33. The van der Waals surface area contributed by atoms with Crippen LogP contribution in [0.25, 0.3) is 0 Å². The van der Waals surface area contributed by atoms with Crippen LogP contribution >= 0.6 is 0 Å². The van der Waals surface area contributed by atoms with Gasteiger partial charge < -0.3 is 5.32 Å². The van der Waals surface area contributed by atoms with E-state index in [1.165, 1.54) is 50.6 Å². The van der Waals surface area contributed by atoms with Crippen molar-refractivity contribution in [1.29, 1.82) is 0 Å². The second-order valence-electron chi connectivity index (χ2n) is 5.44. The second kappa shape index (κ2) is 5.17. The first-order valence-electron chi connectivity index (χ1n) is 7.06. The van der Waals surface area contributed by atoms with E-state index in [1.807, 2.05) is 6.20 Å². The Bertz CT molecular complexity index is 346. The molecule has 94 valence electrons. The maximum Gasteiger partial charge on any atom is 0.0728 e. The summed E-state index contributed by atoms with van der Waals surface area (Å²) in [6.07, 6.45) is 11.4. The van der Waals surface area contributed by atoms with Crippen LogP contribution in [-0.4, -0.2) is 28.1 Å². The van der Waals surface area contributed by atoms with Crippen molar-refractivity contribution in [2.24, 2.45) is 0 Å². The second-order valence-corrected chi connectivity index (χ2v) is 5.44. The average molecular weight is 234 g/mol. The fraction of sp³-hybridized carbons (Fsp3) is 0.846. The lowest BCUT2D eigenvalue weighted by molar-refractivity contribution is 0.430. The van der Waals surface area contributed by atoms with Crippen LogP contribution in [0.4, 0.5) is 0 Å². The van der Waals surface area contributed by atoms with Gasteiger partial charge in [-0.05, 0) is 25.8 Å². The highest BCUT2D eigenvalue weighted by Crippen LogP contribution is 2.32. The summed E-state index contributed by atoms with van der Waals surface area (Å²) in [6, 6.07) is 0.538. The van der Waals surface area contributed by atoms with E-state index >= 15 is 0 Å². The molecule has 1 aromatic rings. The summed E-state index contributed by atoms with van der Waals surface area (Å²) in [6.45, 7) is 2.18. The van der Waals surface area contributed by atoms with Gasteiger partial charge >= 0.3 is 0 Å². The summed E-state index contributed by atoms with van der Waals surface area (Å²) in [5.41, 5.74) is 1.39. The summed E-state index contributed by atoms with van der Waals surface area (Å²) in [7, 11) is 0. The molecule has 1 aliphatic heterocycles. The molecular formula is C13H22N4. The normalized spacial score (nSPS) is 27.2. The van der Waals surface area contributed by atoms with Crippen molar-refractivity contribution in [3.05, 3.63) is 11.9 Å². The first-order valence-corrected chi connectivity index (χ1v) is 7.06. The van der Waals surface area contributed by atoms with E-state index in [4.69, 9.17) is 0 Å². The van der Waals surface area contributed by atoms with Gasteiger partial charge in [-0.1, -0.05) is 30.9 Å². The Morgan fingerprint density at radius 3 is 2.65 bits per heavy atom. The smallest absolute Gasteiger partial charge is 0.0728 e. The van der Waals surface area contributed by atoms with Gasteiger partial charge in [-0.15, -0.1) is 5.10 Å². The van der Waals surface area contributed by atoms with E-state index < -0.39 is 0 Å². The van der Waals surface area contributed by atoms with Crippen LogP contribution in [0, 0.1) is 0 Å². The summed E-state index contributed by atoms with van der Waals surface area (Å²) in [5, 5.41) is 11.9. The molecule has 3 rings (SSSR count). The van der Waals surface area contributed by atoms with Gasteiger partial charge in [-0.25, -0.2) is 4.68 Å². The molecule has 0 aromatic carbocycles. The van der Waals surface area contributed by atoms with E-state index in [0.29, 0.717) is 12.0 Å². The Labute approximate surface area is 103 Å². The SMILES string of the molecule is c1nnn(C2CCNC2)c1C1CCCCCC1. The van der Waals surface area contributed by atoms with E-state index in [2.05, 4.69) is 20.3 Å². The minimum Gasteiger partial charge on any atom is -0.315 e. The van der Waals surface area contributed by atoms with Gasteiger partial charge in [-0.2, -0.15) is 0 Å². The number of rotatable bonds is 2. The predicted molar refractivity (Wildman–Crippen MR) is 67.0 cm³/mol. The van der Waals surface area contributed by atoms with Crippen LogP contribution in [0.15, 0.2) is 6.20 Å². The molecule has 2 heterocycles. The highest BCUT2D eigenvalue weighted by atomic mass is 15.4. The van der Waals surface area contributed by atoms with Crippen molar-refractivity contribution < 1.29 is 0 Å². The van der Waals surface area contributed by atoms with Crippen LogP contribution in [0.3, 0.4) is 0 Å².